The highest BCUT2D eigenvalue weighted by molar-refractivity contribution is 6.06. The summed E-state index contributed by atoms with van der Waals surface area (Å²) in [5.41, 5.74) is 5.42. The van der Waals surface area contributed by atoms with Crippen LogP contribution in [0.15, 0.2) is 97.1 Å². The molecule has 1 saturated heterocycles. The lowest BCUT2D eigenvalue weighted by Gasteiger charge is -2.24. The van der Waals surface area contributed by atoms with Crippen LogP contribution in [-0.2, 0) is 13.0 Å². The van der Waals surface area contributed by atoms with E-state index in [1.165, 1.54) is 11.6 Å². The third kappa shape index (κ3) is 7.75. The number of hydrogen-bond donors (Lipinski definition) is 2. The summed E-state index contributed by atoms with van der Waals surface area (Å²) >= 11 is 0. The number of nitrogens with zero attached hydrogens (tertiary/aromatic N) is 2. The molecule has 0 bridgehead atoms. The van der Waals surface area contributed by atoms with E-state index >= 15 is 0 Å². The van der Waals surface area contributed by atoms with Crippen molar-refractivity contribution in [2.45, 2.75) is 26.3 Å². The van der Waals surface area contributed by atoms with Gasteiger partial charge in [-0.2, -0.15) is 0 Å². The van der Waals surface area contributed by atoms with Crippen molar-refractivity contribution < 1.29 is 14.7 Å². The molecule has 1 aliphatic heterocycles. The maximum atomic E-state index is 13.1. The minimum absolute atomic E-state index is 0. The number of nitrogens with one attached hydrogen (secondary N) is 1. The predicted octanol–water partition coefficient (Wildman–Crippen LogP) is 6.51. The highest BCUT2D eigenvalue weighted by Gasteiger charge is 2.18. The standard InChI is InChI=1S/C34H35N3O3.ClH/c1-25-11-13-27(14-12-25)32(39)23-29-9-5-10-31(38)33(29)35-34(40)28-15-17-30(18-16-28)37-20-6-19-36(21-22-37)24-26-7-3-2-4-8-26;/h2-5,7-18,38H,6,19-24H2,1H3,(H,35,40);1H. The van der Waals surface area contributed by atoms with Crippen LogP contribution in [-0.4, -0.2) is 47.9 Å². The van der Waals surface area contributed by atoms with Crippen LogP contribution in [0.5, 0.6) is 5.75 Å². The number of Topliss-reactive ketones (excluding diaryl/α,β-unsaturated/α-hetero) is 1. The molecule has 6 nitrogen and oxygen atoms in total. The van der Waals surface area contributed by atoms with Crippen molar-refractivity contribution in [3.05, 3.63) is 125 Å². The summed E-state index contributed by atoms with van der Waals surface area (Å²) in [6.45, 7) is 6.86. The Bertz CT molecular complexity index is 1460. The third-order valence-corrected chi connectivity index (χ3v) is 7.42. The number of benzene rings is 4. The Morgan fingerprint density at radius 3 is 2.22 bits per heavy atom. The first-order valence-corrected chi connectivity index (χ1v) is 13.8. The Hall–Kier alpha value is -4.13. The largest absolute Gasteiger partial charge is 0.506 e. The monoisotopic (exact) mass is 569 g/mol. The molecule has 1 aliphatic rings. The van der Waals surface area contributed by atoms with Gasteiger partial charge in [0.2, 0.25) is 0 Å². The number of anilines is 2. The van der Waals surface area contributed by atoms with Crippen molar-refractivity contribution in [1.29, 1.82) is 0 Å². The minimum atomic E-state index is -0.331. The molecule has 0 atom stereocenters. The molecular weight excluding hydrogens is 534 g/mol. The SMILES string of the molecule is Cc1ccc(C(=O)Cc2cccc(O)c2NC(=O)c2ccc(N3CCCN(Cc4ccccc4)CC3)cc2)cc1.Cl. The Labute approximate surface area is 248 Å². The van der Waals surface area contributed by atoms with Gasteiger partial charge in [-0.15, -0.1) is 12.4 Å². The summed E-state index contributed by atoms with van der Waals surface area (Å²) in [5, 5.41) is 13.4. The van der Waals surface area contributed by atoms with E-state index in [9.17, 15) is 14.7 Å². The lowest BCUT2D eigenvalue weighted by Crippen LogP contribution is -2.30. The molecule has 0 unspecified atom stereocenters. The van der Waals surface area contributed by atoms with E-state index in [-0.39, 0.29) is 42.0 Å². The summed E-state index contributed by atoms with van der Waals surface area (Å²) in [6.07, 6.45) is 1.15. The van der Waals surface area contributed by atoms with E-state index in [1.54, 1.807) is 24.3 Å². The predicted molar refractivity (Wildman–Crippen MR) is 168 cm³/mol. The van der Waals surface area contributed by atoms with Crippen LogP contribution in [0.1, 0.15) is 43.8 Å². The Morgan fingerprint density at radius 2 is 1.49 bits per heavy atom. The van der Waals surface area contributed by atoms with Gasteiger partial charge in [-0.05, 0) is 54.8 Å². The molecule has 1 heterocycles. The zero-order valence-electron chi connectivity index (χ0n) is 23.3. The second kappa shape index (κ2) is 14.0. The molecule has 4 aromatic carbocycles. The number of aromatic hydroxyl groups is 1. The summed E-state index contributed by atoms with van der Waals surface area (Å²) in [7, 11) is 0. The van der Waals surface area contributed by atoms with Crippen LogP contribution in [0, 0.1) is 6.92 Å². The molecule has 0 radical (unpaired) electrons. The van der Waals surface area contributed by atoms with Gasteiger partial charge in [0.1, 0.15) is 5.75 Å². The van der Waals surface area contributed by atoms with E-state index < -0.39 is 0 Å². The fourth-order valence-electron chi connectivity index (χ4n) is 5.13. The molecule has 0 aromatic heterocycles. The van der Waals surface area contributed by atoms with E-state index in [1.807, 2.05) is 49.4 Å². The summed E-state index contributed by atoms with van der Waals surface area (Å²) in [6, 6.07) is 30.5. The van der Waals surface area contributed by atoms with Crippen molar-refractivity contribution >= 4 is 35.5 Å². The molecule has 0 spiro atoms. The van der Waals surface area contributed by atoms with Gasteiger partial charge in [-0.25, -0.2) is 0 Å². The van der Waals surface area contributed by atoms with Gasteiger partial charge in [0.15, 0.2) is 5.78 Å². The Balaban J connectivity index is 0.00000387. The second-order valence-corrected chi connectivity index (χ2v) is 10.4. The van der Waals surface area contributed by atoms with Gasteiger partial charge in [0, 0.05) is 56.0 Å². The number of carbonyl (C=O) groups excluding carboxylic acids is 2. The number of phenols is 1. The van der Waals surface area contributed by atoms with Crippen molar-refractivity contribution in [3.8, 4) is 5.75 Å². The van der Waals surface area contributed by atoms with Crippen LogP contribution in [0.2, 0.25) is 0 Å². The van der Waals surface area contributed by atoms with Gasteiger partial charge in [0.05, 0.1) is 5.69 Å². The maximum absolute atomic E-state index is 13.1. The molecule has 1 fully saturated rings. The molecule has 0 aliphatic carbocycles. The average molecular weight is 570 g/mol. The summed E-state index contributed by atoms with van der Waals surface area (Å²) < 4.78 is 0. The normalized spacial score (nSPS) is 13.6. The highest BCUT2D eigenvalue weighted by Crippen LogP contribution is 2.29. The van der Waals surface area contributed by atoms with E-state index in [0.29, 0.717) is 16.7 Å². The first-order chi connectivity index (χ1) is 19.5. The van der Waals surface area contributed by atoms with Crippen LogP contribution in [0.4, 0.5) is 11.4 Å². The molecule has 0 saturated carbocycles. The third-order valence-electron chi connectivity index (χ3n) is 7.42. The van der Waals surface area contributed by atoms with Crippen molar-refractivity contribution in [1.82, 2.24) is 4.90 Å². The molecule has 41 heavy (non-hydrogen) atoms. The first kappa shape index (κ1) is 29.8. The number of para-hydroxylation sites is 1. The second-order valence-electron chi connectivity index (χ2n) is 10.4. The number of phenolic OH excluding ortho intramolecular Hbond substituents is 1. The number of rotatable bonds is 8. The van der Waals surface area contributed by atoms with Crippen molar-refractivity contribution in [2.24, 2.45) is 0 Å². The maximum Gasteiger partial charge on any atom is 0.255 e. The van der Waals surface area contributed by atoms with Gasteiger partial charge in [0.25, 0.3) is 5.91 Å². The van der Waals surface area contributed by atoms with Crippen LogP contribution >= 0.6 is 12.4 Å². The number of hydrogen-bond acceptors (Lipinski definition) is 5. The number of halogens is 1. The Morgan fingerprint density at radius 1 is 0.780 bits per heavy atom. The quantitative estimate of drug-likeness (QED) is 0.187. The number of ketones is 1. The molecule has 212 valence electrons. The lowest BCUT2D eigenvalue weighted by molar-refractivity contribution is 0.0989. The fourth-order valence-corrected chi connectivity index (χ4v) is 5.13. The van der Waals surface area contributed by atoms with Crippen molar-refractivity contribution in [2.75, 3.05) is 36.4 Å². The van der Waals surface area contributed by atoms with Crippen LogP contribution in [0.3, 0.4) is 0 Å². The molecule has 5 rings (SSSR count). The van der Waals surface area contributed by atoms with Gasteiger partial charge in [-0.1, -0.05) is 72.3 Å². The van der Waals surface area contributed by atoms with E-state index in [0.717, 1.165) is 50.4 Å². The average Bonchev–Trinajstić information content (AvgIpc) is 3.21. The molecule has 1 amide bonds. The highest BCUT2D eigenvalue weighted by atomic mass is 35.5. The topological polar surface area (TPSA) is 72.9 Å². The van der Waals surface area contributed by atoms with E-state index in [2.05, 4.69) is 39.4 Å². The first-order valence-electron chi connectivity index (χ1n) is 13.8. The molecule has 7 heteroatoms. The molecule has 4 aromatic rings. The van der Waals surface area contributed by atoms with Crippen LogP contribution in [0.25, 0.3) is 0 Å². The summed E-state index contributed by atoms with van der Waals surface area (Å²) in [5.74, 6) is -0.476. The fraction of sp³-hybridized carbons (Fsp3) is 0.235. The van der Waals surface area contributed by atoms with Crippen molar-refractivity contribution in [3.63, 3.8) is 0 Å². The zero-order chi connectivity index (χ0) is 27.9. The van der Waals surface area contributed by atoms with Gasteiger partial charge in [-0.3, -0.25) is 14.5 Å². The van der Waals surface area contributed by atoms with Gasteiger partial charge < -0.3 is 15.3 Å². The summed E-state index contributed by atoms with van der Waals surface area (Å²) in [4.78, 5) is 30.9. The van der Waals surface area contributed by atoms with E-state index in [4.69, 9.17) is 0 Å². The number of aryl methyl sites for hydroxylation is 1. The molecular formula is C34H36ClN3O3. The minimum Gasteiger partial charge on any atom is -0.506 e. The van der Waals surface area contributed by atoms with Crippen LogP contribution < -0.4 is 10.2 Å². The number of carbonyl (C=O) groups is 2. The Kier molecular flexibility index (Phi) is 10.2. The smallest absolute Gasteiger partial charge is 0.255 e. The zero-order valence-corrected chi connectivity index (χ0v) is 24.1. The number of amides is 1. The van der Waals surface area contributed by atoms with Gasteiger partial charge >= 0.3 is 0 Å². The molecule has 2 N–H and O–H groups in total. The lowest BCUT2D eigenvalue weighted by atomic mass is 10.00.